The van der Waals surface area contributed by atoms with Gasteiger partial charge in [0, 0.05) is 19.2 Å². The van der Waals surface area contributed by atoms with Crippen LogP contribution in [0.5, 0.6) is 0 Å². The Morgan fingerprint density at radius 3 is 2.64 bits per heavy atom. The molecule has 0 fully saturated rings. The summed E-state index contributed by atoms with van der Waals surface area (Å²) in [6.07, 6.45) is 0. The average Bonchev–Trinajstić information content (AvgIpc) is 3.07. The standard InChI is InChI=1S/C19H22F2N4O3/c1-10(2)15(18(26)22-3)24-19(27)16-14-9-28-7-6-25(14)17(23-16)11-4-5-12(20)13(21)8-11/h4-5,8,10,15H,6-7,9H2,1-3H3,(H,22,26)(H,24,27)/t15-/m0/s1. The van der Waals surface area contributed by atoms with Crippen LogP contribution in [0.3, 0.4) is 0 Å². The Bertz CT molecular complexity index is 911. The number of nitrogens with one attached hydrogen (secondary N) is 2. The van der Waals surface area contributed by atoms with Gasteiger partial charge in [-0.15, -0.1) is 0 Å². The van der Waals surface area contributed by atoms with E-state index in [0.29, 0.717) is 30.2 Å². The van der Waals surface area contributed by atoms with Crippen LogP contribution in [-0.2, 0) is 22.7 Å². The summed E-state index contributed by atoms with van der Waals surface area (Å²) in [5.41, 5.74) is 0.990. The van der Waals surface area contributed by atoms with Crippen LogP contribution in [-0.4, -0.2) is 41.1 Å². The Morgan fingerprint density at radius 1 is 1.25 bits per heavy atom. The van der Waals surface area contributed by atoms with Gasteiger partial charge >= 0.3 is 0 Å². The van der Waals surface area contributed by atoms with E-state index in [-0.39, 0.29) is 24.1 Å². The monoisotopic (exact) mass is 392 g/mol. The zero-order valence-corrected chi connectivity index (χ0v) is 15.9. The van der Waals surface area contributed by atoms with Crippen molar-refractivity contribution in [2.75, 3.05) is 13.7 Å². The molecule has 9 heteroatoms. The van der Waals surface area contributed by atoms with Gasteiger partial charge in [-0.2, -0.15) is 0 Å². The predicted molar refractivity (Wildman–Crippen MR) is 97.4 cm³/mol. The fourth-order valence-electron chi connectivity index (χ4n) is 3.14. The van der Waals surface area contributed by atoms with Crippen molar-refractivity contribution >= 4 is 11.8 Å². The molecule has 7 nitrogen and oxygen atoms in total. The van der Waals surface area contributed by atoms with Crippen LogP contribution in [0.1, 0.15) is 30.0 Å². The number of carbonyl (C=O) groups excluding carboxylic acids is 2. The maximum Gasteiger partial charge on any atom is 0.272 e. The van der Waals surface area contributed by atoms with E-state index >= 15 is 0 Å². The van der Waals surface area contributed by atoms with Gasteiger partial charge in [-0.25, -0.2) is 13.8 Å². The van der Waals surface area contributed by atoms with Gasteiger partial charge in [-0.3, -0.25) is 9.59 Å². The van der Waals surface area contributed by atoms with Gasteiger partial charge in [-0.05, 0) is 24.1 Å². The van der Waals surface area contributed by atoms with Crippen LogP contribution in [0.4, 0.5) is 8.78 Å². The molecule has 1 aliphatic rings. The Balaban J connectivity index is 1.99. The molecular formula is C19H22F2N4O3. The second kappa shape index (κ2) is 8.05. The highest BCUT2D eigenvalue weighted by Crippen LogP contribution is 2.27. The quantitative estimate of drug-likeness (QED) is 0.814. The number of nitrogens with zero attached hydrogens (tertiary/aromatic N) is 2. The van der Waals surface area contributed by atoms with Crippen molar-refractivity contribution in [3.63, 3.8) is 0 Å². The first-order chi connectivity index (χ1) is 13.3. The lowest BCUT2D eigenvalue weighted by atomic mass is 10.0. The Kier molecular flexibility index (Phi) is 5.73. The smallest absolute Gasteiger partial charge is 0.272 e. The molecule has 0 spiro atoms. The number of halogens is 2. The molecule has 0 radical (unpaired) electrons. The van der Waals surface area contributed by atoms with E-state index < -0.39 is 23.6 Å². The summed E-state index contributed by atoms with van der Waals surface area (Å²) in [7, 11) is 1.50. The number of ether oxygens (including phenoxy) is 1. The molecule has 1 atom stereocenters. The molecule has 2 aromatic rings. The molecule has 3 rings (SSSR count). The number of benzene rings is 1. The highest BCUT2D eigenvalue weighted by molar-refractivity contribution is 5.97. The summed E-state index contributed by atoms with van der Waals surface area (Å²) in [6.45, 7) is 4.63. The lowest BCUT2D eigenvalue weighted by Crippen LogP contribution is -2.49. The van der Waals surface area contributed by atoms with E-state index in [1.54, 1.807) is 4.57 Å². The number of hydrogen-bond donors (Lipinski definition) is 2. The molecule has 1 aromatic carbocycles. The molecule has 0 saturated carbocycles. The van der Waals surface area contributed by atoms with Crippen LogP contribution >= 0.6 is 0 Å². The van der Waals surface area contributed by atoms with Gasteiger partial charge in [0.05, 0.1) is 18.9 Å². The average molecular weight is 392 g/mol. The number of rotatable bonds is 5. The second-order valence-electron chi connectivity index (χ2n) is 6.87. The number of fused-ring (bicyclic) bond motifs is 1. The lowest BCUT2D eigenvalue weighted by molar-refractivity contribution is -0.123. The number of amides is 2. The fourth-order valence-corrected chi connectivity index (χ4v) is 3.14. The van der Waals surface area contributed by atoms with E-state index in [4.69, 9.17) is 4.74 Å². The molecule has 0 bridgehead atoms. The number of likely N-dealkylation sites (N-methyl/N-ethyl adjacent to an activating group) is 1. The maximum atomic E-state index is 13.7. The predicted octanol–water partition coefficient (Wildman–Crippen LogP) is 1.86. The molecule has 1 aliphatic heterocycles. The van der Waals surface area contributed by atoms with E-state index in [9.17, 15) is 18.4 Å². The minimum Gasteiger partial charge on any atom is -0.373 e. The van der Waals surface area contributed by atoms with Crippen LogP contribution in [0.15, 0.2) is 18.2 Å². The zero-order valence-electron chi connectivity index (χ0n) is 15.9. The van der Waals surface area contributed by atoms with Gasteiger partial charge in [0.1, 0.15) is 11.9 Å². The van der Waals surface area contributed by atoms with Gasteiger partial charge in [0.15, 0.2) is 17.3 Å². The van der Waals surface area contributed by atoms with Gasteiger partial charge < -0.3 is 19.9 Å². The number of hydrogen-bond acceptors (Lipinski definition) is 4. The topological polar surface area (TPSA) is 85.3 Å². The molecule has 2 N–H and O–H groups in total. The first-order valence-electron chi connectivity index (χ1n) is 8.98. The minimum atomic E-state index is -0.993. The SMILES string of the molecule is CNC(=O)[C@@H](NC(=O)c1nc(-c2ccc(F)c(F)c2)n2c1COCC2)C(C)C. The van der Waals surface area contributed by atoms with Crippen molar-refractivity contribution in [2.24, 2.45) is 5.92 Å². The van der Waals surface area contributed by atoms with Crippen molar-refractivity contribution in [3.8, 4) is 11.4 Å². The van der Waals surface area contributed by atoms with Crippen molar-refractivity contribution < 1.29 is 23.1 Å². The molecule has 150 valence electrons. The van der Waals surface area contributed by atoms with E-state index in [1.165, 1.54) is 13.1 Å². The molecule has 28 heavy (non-hydrogen) atoms. The normalized spacial score (nSPS) is 14.5. The summed E-state index contributed by atoms with van der Waals surface area (Å²) in [6, 6.07) is 2.74. The Hall–Kier alpha value is -2.81. The first-order valence-corrected chi connectivity index (χ1v) is 8.98. The lowest BCUT2D eigenvalue weighted by Gasteiger charge is -2.21. The van der Waals surface area contributed by atoms with E-state index in [0.717, 1.165) is 12.1 Å². The second-order valence-corrected chi connectivity index (χ2v) is 6.87. The van der Waals surface area contributed by atoms with Crippen molar-refractivity contribution in [1.82, 2.24) is 20.2 Å². The Labute approximate surface area is 161 Å². The molecule has 2 heterocycles. The number of imidazole rings is 1. The van der Waals surface area contributed by atoms with Crippen molar-refractivity contribution in [3.05, 3.63) is 41.2 Å². The maximum absolute atomic E-state index is 13.7. The third-order valence-corrected chi connectivity index (χ3v) is 4.65. The van der Waals surface area contributed by atoms with Gasteiger partial charge in [-0.1, -0.05) is 13.8 Å². The zero-order chi connectivity index (χ0) is 20.4. The highest BCUT2D eigenvalue weighted by atomic mass is 19.2. The fraction of sp³-hybridized carbons (Fsp3) is 0.421. The van der Waals surface area contributed by atoms with Crippen LogP contribution in [0.2, 0.25) is 0 Å². The first kappa shape index (κ1) is 19.9. The molecule has 0 aliphatic carbocycles. The summed E-state index contributed by atoms with van der Waals surface area (Å²) < 4.78 is 34.2. The van der Waals surface area contributed by atoms with Crippen LogP contribution < -0.4 is 10.6 Å². The molecular weight excluding hydrogens is 370 g/mol. The van der Waals surface area contributed by atoms with Crippen LogP contribution in [0.25, 0.3) is 11.4 Å². The summed E-state index contributed by atoms with van der Waals surface area (Å²) in [4.78, 5) is 29.3. The molecule has 2 amide bonds. The van der Waals surface area contributed by atoms with E-state index in [2.05, 4.69) is 15.6 Å². The largest absolute Gasteiger partial charge is 0.373 e. The number of aromatic nitrogens is 2. The minimum absolute atomic E-state index is 0.106. The summed E-state index contributed by atoms with van der Waals surface area (Å²) in [5, 5.41) is 5.23. The molecule has 0 unspecified atom stereocenters. The molecule has 1 aromatic heterocycles. The molecule has 0 saturated heterocycles. The summed E-state index contributed by atoms with van der Waals surface area (Å²) in [5.74, 6) is -2.57. The van der Waals surface area contributed by atoms with Gasteiger partial charge in [0.2, 0.25) is 5.91 Å². The van der Waals surface area contributed by atoms with Gasteiger partial charge in [0.25, 0.3) is 5.91 Å². The Morgan fingerprint density at radius 2 is 2.00 bits per heavy atom. The van der Waals surface area contributed by atoms with E-state index in [1.807, 2.05) is 13.8 Å². The highest BCUT2D eigenvalue weighted by Gasteiger charge is 2.29. The summed E-state index contributed by atoms with van der Waals surface area (Å²) >= 11 is 0. The number of carbonyl (C=O) groups is 2. The third-order valence-electron chi connectivity index (χ3n) is 4.65. The van der Waals surface area contributed by atoms with Crippen LogP contribution in [0, 0.1) is 17.6 Å². The van der Waals surface area contributed by atoms with Crippen molar-refractivity contribution in [2.45, 2.75) is 33.0 Å². The third kappa shape index (κ3) is 3.75. The van der Waals surface area contributed by atoms with Crippen molar-refractivity contribution in [1.29, 1.82) is 0 Å².